The number of nitrogens with one attached hydrogen (secondary N) is 1. The summed E-state index contributed by atoms with van der Waals surface area (Å²) in [5.41, 5.74) is 1.71. The maximum absolute atomic E-state index is 12.2. The van der Waals surface area contributed by atoms with Crippen LogP contribution >= 0.6 is 0 Å². The van der Waals surface area contributed by atoms with Gasteiger partial charge in [0.2, 0.25) is 0 Å². The highest BCUT2D eigenvalue weighted by Gasteiger charge is 2.15. The molecule has 0 aliphatic carbocycles. The third-order valence-corrected chi connectivity index (χ3v) is 5.30. The summed E-state index contributed by atoms with van der Waals surface area (Å²) in [4.78, 5) is 23.1. The molecule has 0 spiro atoms. The van der Waals surface area contributed by atoms with Gasteiger partial charge in [-0.15, -0.1) is 0 Å². The van der Waals surface area contributed by atoms with E-state index >= 15 is 0 Å². The van der Waals surface area contributed by atoms with Gasteiger partial charge in [0.25, 0.3) is 15.7 Å². The van der Waals surface area contributed by atoms with Crippen molar-refractivity contribution >= 4 is 32.7 Å². The molecule has 0 fully saturated rings. The number of rotatable bonds is 6. The fraction of sp³-hybridized carbons (Fsp3) is 0.158. The van der Waals surface area contributed by atoms with Crippen molar-refractivity contribution in [3.63, 3.8) is 0 Å². The maximum atomic E-state index is 12.2. The van der Waals surface area contributed by atoms with E-state index in [0.29, 0.717) is 16.8 Å². The van der Waals surface area contributed by atoms with E-state index in [9.17, 15) is 22.6 Å². The minimum absolute atomic E-state index is 0.108. The van der Waals surface area contributed by atoms with Crippen molar-refractivity contribution in [2.45, 2.75) is 24.9 Å². The van der Waals surface area contributed by atoms with Crippen molar-refractivity contribution in [3.8, 4) is 0 Å². The van der Waals surface area contributed by atoms with Crippen molar-refractivity contribution in [3.05, 3.63) is 70.0 Å². The summed E-state index contributed by atoms with van der Waals surface area (Å²) in [6.45, 7) is 1.41. The minimum Gasteiger partial charge on any atom is -0.480 e. The summed E-state index contributed by atoms with van der Waals surface area (Å²) in [5.74, 6) is -1.13. The molecule has 0 bridgehead atoms. The van der Waals surface area contributed by atoms with Crippen LogP contribution in [0.3, 0.4) is 0 Å². The molecule has 3 aromatic rings. The Bertz CT molecular complexity index is 1230. The number of nitrogens with zero attached hydrogens (tertiary/aromatic N) is 1. The molecule has 0 aliphatic rings. The molecule has 8 nitrogen and oxygen atoms in total. The molecular formula is C19H18N2O6S. The number of carboxylic acid groups (broad SMARTS) is 1. The fourth-order valence-electron chi connectivity index (χ4n) is 3.06. The number of anilines is 1. The van der Waals surface area contributed by atoms with Crippen LogP contribution < -0.4 is 10.9 Å². The normalized spacial score (nSPS) is 11.5. The van der Waals surface area contributed by atoms with Crippen LogP contribution in [0.2, 0.25) is 0 Å². The van der Waals surface area contributed by atoms with Gasteiger partial charge in [-0.05, 0) is 36.2 Å². The lowest BCUT2D eigenvalue weighted by Crippen LogP contribution is -2.24. The number of hydrogen-bond donors (Lipinski definition) is 3. The molecule has 0 radical (unpaired) electrons. The second-order valence-electron chi connectivity index (χ2n) is 6.31. The Kier molecular flexibility index (Phi) is 5.21. The van der Waals surface area contributed by atoms with Gasteiger partial charge in [0.15, 0.2) is 0 Å². The van der Waals surface area contributed by atoms with E-state index < -0.39 is 28.2 Å². The molecule has 28 heavy (non-hydrogen) atoms. The minimum atomic E-state index is -4.35. The quantitative estimate of drug-likeness (QED) is 0.540. The molecule has 146 valence electrons. The fourth-order valence-corrected chi connectivity index (χ4v) is 3.78. The lowest BCUT2D eigenvalue weighted by molar-refractivity contribution is -0.137. The van der Waals surface area contributed by atoms with Gasteiger partial charge in [-0.3, -0.25) is 18.7 Å². The Morgan fingerprint density at radius 3 is 2.54 bits per heavy atom. The molecule has 0 saturated carbocycles. The first kappa shape index (κ1) is 19.6. The Labute approximate surface area is 160 Å². The number of carbonyl (C=O) groups is 1. The first-order valence-corrected chi connectivity index (χ1v) is 9.76. The Balaban J connectivity index is 2.00. The van der Waals surface area contributed by atoms with E-state index in [4.69, 9.17) is 5.11 Å². The molecule has 0 amide bonds. The van der Waals surface area contributed by atoms with Gasteiger partial charge in [0.1, 0.15) is 6.54 Å². The standard InChI is InChI=1S/C19H18N2O6S/c1-12-8-18(22)21(11-19(23)24)16-9-14(6-7-15(12)16)20-10-13-4-2-3-5-17(13)28(25,26)27/h2-9,20H,10-11H2,1H3,(H,23,24)(H,25,26,27). The van der Waals surface area contributed by atoms with Crippen molar-refractivity contribution in [1.82, 2.24) is 4.57 Å². The maximum Gasteiger partial charge on any atom is 0.323 e. The van der Waals surface area contributed by atoms with Crippen molar-refractivity contribution in [2.24, 2.45) is 0 Å². The van der Waals surface area contributed by atoms with Gasteiger partial charge in [0, 0.05) is 23.7 Å². The molecule has 0 atom stereocenters. The molecule has 3 rings (SSSR count). The number of pyridine rings is 1. The number of hydrogen-bond acceptors (Lipinski definition) is 5. The molecular weight excluding hydrogens is 384 g/mol. The van der Waals surface area contributed by atoms with Crippen LogP contribution in [-0.2, 0) is 28.0 Å². The first-order valence-electron chi connectivity index (χ1n) is 8.32. The molecule has 3 N–H and O–H groups in total. The highest BCUT2D eigenvalue weighted by molar-refractivity contribution is 7.85. The van der Waals surface area contributed by atoms with Crippen LogP contribution in [0, 0.1) is 6.92 Å². The smallest absolute Gasteiger partial charge is 0.323 e. The van der Waals surface area contributed by atoms with E-state index in [1.807, 2.05) is 0 Å². The number of aliphatic carboxylic acids is 1. The van der Waals surface area contributed by atoms with Gasteiger partial charge < -0.3 is 10.4 Å². The van der Waals surface area contributed by atoms with E-state index in [1.165, 1.54) is 22.8 Å². The number of aryl methyl sites for hydroxylation is 1. The van der Waals surface area contributed by atoms with Crippen LogP contribution in [-0.4, -0.2) is 28.6 Å². The third-order valence-electron chi connectivity index (χ3n) is 4.35. The zero-order valence-electron chi connectivity index (χ0n) is 14.9. The average Bonchev–Trinajstić information content (AvgIpc) is 2.62. The van der Waals surface area contributed by atoms with Gasteiger partial charge in [-0.25, -0.2) is 0 Å². The van der Waals surface area contributed by atoms with Crippen molar-refractivity contribution in [2.75, 3.05) is 5.32 Å². The van der Waals surface area contributed by atoms with E-state index in [-0.39, 0.29) is 11.4 Å². The Morgan fingerprint density at radius 1 is 1.14 bits per heavy atom. The lowest BCUT2D eigenvalue weighted by Gasteiger charge is -2.14. The second kappa shape index (κ2) is 7.45. The molecule has 0 aliphatic heterocycles. The van der Waals surface area contributed by atoms with Crippen LogP contribution in [0.4, 0.5) is 5.69 Å². The van der Waals surface area contributed by atoms with Crippen LogP contribution in [0.15, 0.2) is 58.2 Å². The first-order chi connectivity index (χ1) is 13.2. The predicted molar refractivity (Wildman–Crippen MR) is 104 cm³/mol. The SMILES string of the molecule is Cc1cc(=O)n(CC(=O)O)c2cc(NCc3ccccc3S(=O)(=O)O)ccc12. The predicted octanol–water partition coefficient (Wildman–Crippen LogP) is 2.25. The zero-order valence-corrected chi connectivity index (χ0v) is 15.7. The number of aromatic nitrogens is 1. The van der Waals surface area contributed by atoms with E-state index in [2.05, 4.69) is 5.32 Å². The highest BCUT2D eigenvalue weighted by atomic mass is 32.2. The Morgan fingerprint density at radius 2 is 1.86 bits per heavy atom. The Hall–Kier alpha value is -3.17. The van der Waals surface area contributed by atoms with Gasteiger partial charge in [0.05, 0.1) is 10.4 Å². The topological polar surface area (TPSA) is 126 Å². The van der Waals surface area contributed by atoms with Gasteiger partial charge in [-0.2, -0.15) is 8.42 Å². The number of benzene rings is 2. The summed E-state index contributed by atoms with van der Waals surface area (Å²) < 4.78 is 33.5. The van der Waals surface area contributed by atoms with Gasteiger partial charge in [-0.1, -0.05) is 24.3 Å². The van der Waals surface area contributed by atoms with Crippen LogP contribution in [0.5, 0.6) is 0 Å². The van der Waals surface area contributed by atoms with Crippen LogP contribution in [0.1, 0.15) is 11.1 Å². The number of fused-ring (bicyclic) bond motifs is 1. The van der Waals surface area contributed by atoms with E-state index in [1.54, 1.807) is 37.3 Å². The van der Waals surface area contributed by atoms with Gasteiger partial charge >= 0.3 is 5.97 Å². The average molecular weight is 402 g/mol. The summed E-state index contributed by atoms with van der Waals surface area (Å²) in [6.07, 6.45) is 0. The monoisotopic (exact) mass is 402 g/mol. The largest absolute Gasteiger partial charge is 0.480 e. The summed E-state index contributed by atoms with van der Waals surface area (Å²) in [7, 11) is -4.35. The second-order valence-corrected chi connectivity index (χ2v) is 7.70. The number of carboxylic acids is 1. The molecule has 9 heteroatoms. The lowest BCUT2D eigenvalue weighted by atomic mass is 10.1. The molecule has 1 aromatic heterocycles. The summed E-state index contributed by atoms with van der Waals surface area (Å²) in [6, 6.07) is 12.6. The summed E-state index contributed by atoms with van der Waals surface area (Å²) in [5, 5.41) is 12.9. The zero-order chi connectivity index (χ0) is 20.5. The molecule has 2 aromatic carbocycles. The van der Waals surface area contributed by atoms with Crippen LogP contribution in [0.25, 0.3) is 10.9 Å². The third kappa shape index (κ3) is 4.05. The van der Waals surface area contributed by atoms with E-state index in [0.717, 1.165) is 10.9 Å². The summed E-state index contributed by atoms with van der Waals surface area (Å²) >= 11 is 0. The van der Waals surface area contributed by atoms with Crippen molar-refractivity contribution in [1.29, 1.82) is 0 Å². The highest BCUT2D eigenvalue weighted by Crippen LogP contribution is 2.23. The molecule has 0 saturated heterocycles. The molecule has 1 heterocycles. The van der Waals surface area contributed by atoms with Crippen molar-refractivity contribution < 1.29 is 22.9 Å². The molecule has 0 unspecified atom stereocenters.